The van der Waals surface area contributed by atoms with Crippen molar-refractivity contribution >= 4 is 5.97 Å². The number of rotatable bonds is 4. The molecule has 0 aliphatic rings. The second kappa shape index (κ2) is 6.23. The summed E-state index contributed by atoms with van der Waals surface area (Å²) < 4.78 is 53.2. The molecule has 3 rings (SSSR count). The van der Waals surface area contributed by atoms with Gasteiger partial charge in [-0.3, -0.25) is 0 Å². The molecule has 24 heavy (non-hydrogen) atoms. The molecule has 1 aromatic carbocycles. The zero-order valence-electron chi connectivity index (χ0n) is 12.0. The van der Waals surface area contributed by atoms with E-state index in [-0.39, 0.29) is 23.7 Å². The van der Waals surface area contributed by atoms with Gasteiger partial charge in [0.2, 0.25) is 5.76 Å². The third-order valence-electron chi connectivity index (χ3n) is 3.12. The molecule has 0 N–H and O–H groups in total. The van der Waals surface area contributed by atoms with Crippen molar-refractivity contribution in [3.8, 4) is 11.3 Å². The van der Waals surface area contributed by atoms with E-state index in [0.717, 1.165) is 12.1 Å². The quantitative estimate of drug-likeness (QED) is 0.664. The van der Waals surface area contributed by atoms with Crippen LogP contribution in [-0.2, 0) is 17.5 Å². The number of carbonyl (C=O) groups is 1. The highest BCUT2D eigenvalue weighted by atomic mass is 19.4. The van der Waals surface area contributed by atoms with Gasteiger partial charge in [-0.25, -0.2) is 4.79 Å². The van der Waals surface area contributed by atoms with E-state index in [4.69, 9.17) is 13.7 Å². The molecule has 2 aromatic heterocycles. The third-order valence-corrected chi connectivity index (χ3v) is 3.12. The smallest absolute Gasteiger partial charge is 0.416 e. The number of aromatic nitrogens is 1. The first-order valence-corrected chi connectivity index (χ1v) is 6.77. The zero-order chi connectivity index (χ0) is 17.2. The highest BCUT2D eigenvalue weighted by molar-refractivity contribution is 5.87. The monoisotopic (exact) mass is 337 g/mol. The van der Waals surface area contributed by atoms with Gasteiger partial charge >= 0.3 is 12.1 Å². The molecule has 0 radical (unpaired) electrons. The summed E-state index contributed by atoms with van der Waals surface area (Å²) >= 11 is 0. The average Bonchev–Trinajstić information content (AvgIpc) is 3.23. The fourth-order valence-electron chi connectivity index (χ4n) is 1.98. The molecule has 0 spiro atoms. The topological polar surface area (TPSA) is 65.5 Å². The molecule has 8 heteroatoms. The number of nitrogens with zero attached hydrogens (tertiary/aromatic N) is 1. The number of benzene rings is 1. The van der Waals surface area contributed by atoms with Gasteiger partial charge in [-0.1, -0.05) is 17.3 Å². The maximum absolute atomic E-state index is 12.7. The molecule has 0 unspecified atom stereocenters. The van der Waals surface area contributed by atoms with E-state index in [9.17, 15) is 18.0 Å². The van der Waals surface area contributed by atoms with Gasteiger partial charge in [0.15, 0.2) is 12.4 Å². The van der Waals surface area contributed by atoms with Crippen LogP contribution in [0.25, 0.3) is 11.3 Å². The lowest BCUT2D eigenvalue weighted by Crippen LogP contribution is -2.04. The molecule has 0 fully saturated rings. The lowest BCUT2D eigenvalue weighted by molar-refractivity contribution is -0.137. The minimum absolute atomic E-state index is 0.123. The number of halogens is 3. The minimum atomic E-state index is -4.46. The molecular weight excluding hydrogens is 327 g/mol. The van der Waals surface area contributed by atoms with Crippen LogP contribution in [0.1, 0.15) is 21.9 Å². The zero-order valence-corrected chi connectivity index (χ0v) is 12.0. The number of esters is 1. The van der Waals surface area contributed by atoms with Gasteiger partial charge in [-0.05, 0) is 24.3 Å². The maximum atomic E-state index is 12.7. The summed E-state index contributed by atoms with van der Waals surface area (Å²) in [5.74, 6) is -0.396. The lowest BCUT2D eigenvalue weighted by Gasteiger charge is -2.07. The standard InChI is InChI=1S/C16H10F3NO4/c17-16(18,19)11-3-1-2-10(8-11)13-4-5-14(23-13)15(21)22-9-12-6-7-20-24-12/h1-8H,9H2. The SMILES string of the molecule is O=C(OCc1ccno1)c1ccc(-c2cccc(C(F)(F)F)c2)o1. The van der Waals surface area contributed by atoms with Crippen molar-refractivity contribution in [1.29, 1.82) is 0 Å². The van der Waals surface area contributed by atoms with Gasteiger partial charge in [0.05, 0.1) is 11.8 Å². The first kappa shape index (κ1) is 15.9. The summed E-state index contributed by atoms with van der Waals surface area (Å²) in [5, 5.41) is 3.46. The Balaban J connectivity index is 1.74. The number of carbonyl (C=O) groups excluding carboxylic acids is 1. The predicted octanol–water partition coefficient (Wildman–Crippen LogP) is 4.31. The van der Waals surface area contributed by atoms with Gasteiger partial charge in [0.1, 0.15) is 5.76 Å². The predicted molar refractivity (Wildman–Crippen MR) is 74.8 cm³/mol. The van der Waals surface area contributed by atoms with Gasteiger partial charge in [-0.15, -0.1) is 0 Å². The van der Waals surface area contributed by atoms with Crippen molar-refractivity contribution in [2.24, 2.45) is 0 Å². The Morgan fingerprint density at radius 2 is 2.00 bits per heavy atom. The molecule has 2 heterocycles. The van der Waals surface area contributed by atoms with Crippen LogP contribution in [0.3, 0.4) is 0 Å². The first-order chi connectivity index (χ1) is 11.4. The molecule has 0 aliphatic heterocycles. The molecule has 0 amide bonds. The number of alkyl halides is 3. The summed E-state index contributed by atoms with van der Waals surface area (Å²) in [6.45, 7) is -0.127. The van der Waals surface area contributed by atoms with Crippen LogP contribution in [0.2, 0.25) is 0 Å². The van der Waals surface area contributed by atoms with Crippen LogP contribution in [0.15, 0.2) is 57.6 Å². The lowest BCUT2D eigenvalue weighted by atomic mass is 10.1. The fourth-order valence-corrected chi connectivity index (χ4v) is 1.98. The van der Waals surface area contributed by atoms with Gasteiger partial charge in [-0.2, -0.15) is 13.2 Å². The Bertz CT molecular complexity index is 837. The molecule has 5 nitrogen and oxygen atoms in total. The largest absolute Gasteiger partial charge is 0.452 e. The van der Waals surface area contributed by atoms with Crippen LogP contribution in [0.4, 0.5) is 13.2 Å². The van der Waals surface area contributed by atoms with Crippen LogP contribution in [-0.4, -0.2) is 11.1 Å². The van der Waals surface area contributed by atoms with E-state index < -0.39 is 17.7 Å². The molecule has 0 atom stereocenters. The van der Waals surface area contributed by atoms with E-state index in [2.05, 4.69) is 5.16 Å². The van der Waals surface area contributed by atoms with Crippen LogP contribution in [0.5, 0.6) is 0 Å². The van der Waals surface area contributed by atoms with E-state index >= 15 is 0 Å². The third kappa shape index (κ3) is 3.48. The Hall–Kier alpha value is -3.03. The van der Waals surface area contributed by atoms with Crippen molar-refractivity contribution < 1.29 is 31.6 Å². The molecule has 0 bridgehead atoms. The molecule has 124 valence electrons. The van der Waals surface area contributed by atoms with Crippen molar-refractivity contribution in [2.45, 2.75) is 12.8 Å². The van der Waals surface area contributed by atoms with E-state index in [1.54, 1.807) is 0 Å². The number of hydrogen-bond donors (Lipinski definition) is 0. The Kier molecular flexibility index (Phi) is 4.11. The van der Waals surface area contributed by atoms with E-state index in [1.165, 1.54) is 36.5 Å². The van der Waals surface area contributed by atoms with Gasteiger partial charge in [0, 0.05) is 11.6 Å². The fraction of sp³-hybridized carbons (Fsp3) is 0.125. The summed E-state index contributed by atoms with van der Waals surface area (Å²) in [5.41, 5.74) is -0.593. The summed E-state index contributed by atoms with van der Waals surface area (Å²) in [7, 11) is 0. The summed E-state index contributed by atoms with van der Waals surface area (Å²) in [6.07, 6.45) is -3.05. The molecule has 0 aliphatic carbocycles. The molecular formula is C16H10F3NO4. The van der Waals surface area contributed by atoms with Crippen molar-refractivity contribution in [3.63, 3.8) is 0 Å². The van der Waals surface area contributed by atoms with Crippen molar-refractivity contribution in [1.82, 2.24) is 5.16 Å². The summed E-state index contributed by atoms with van der Waals surface area (Å²) in [6, 6.07) is 8.89. The first-order valence-electron chi connectivity index (χ1n) is 6.77. The highest BCUT2D eigenvalue weighted by Crippen LogP contribution is 2.32. The highest BCUT2D eigenvalue weighted by Gasteiger charge is 2.30. The second-order valence-electron chi connectivity index (χ2n) is 4.80. The van der Waals surface area contributed by atoms with Gasteiger partial charge in [0.25, 0.3) is 0 Å². The Morgan fingerprint density at radius 1 is 1.17 bits per heavy atom. The van der Waals surface area contributed by atoms with Crippen molar-refractivity contribution in [3.05, 3.63) is 65.7 Å². The van der Waals surface area contributed by atoms with E-state index in [1.807, 2.05) is 0 Å². The average molecular weight is 337 g/mol. The molecule has 0 saturated carbocycles. The number of ether oxygens (including phenoxy) is 1. The van der Waals surface area contributed by atoms with Crippen LogP contribution < -0.4 is 0 Å². The van der Waals surface area contributed by atoms with Crippen LogP contribution >= 0.6 is 0 Å². The number of furan rings is 1. The number of hydrogen-bond acceptors (Lipinski definition) is 5. The van der Waals surface area contributed by atoms with Crippen molar-refractivity contribution in [2.75, 3.05) is 0 Å². The maximum Gasteiger partial charge on any atom is 0.416 e. The normalized spacial score (nSPS) is 11.5. The van der Waals surface area contributed by atoms with E-state index in [0.29, 0.717) is 5.76 Å². The second-order valence-corrected chi connectivity index (χ2v) is 4.80. The molecule has 3 aromatic rings. The Labute approximate surface area is 133 Å². The van der Waals surface area contributed by atoms with Gasteiger partial charge < -0.3 is 13.7 Å². The van der Waals surface area contributed by atoms with Crippen LogP contribution in [0, 0.1) is 0 Å². The minimum Gasteiger partial charge on any atom is -0.452 e. The Morgan fingerprint density at radius 3 is 2.71 bits per heavy atom. The summed E-state index contributed by atoms with van der Waals surface area (Å²) in [4.78, 5) is 11.9. The molecule has 0 saturated heterocycles.